The number of aromatic hydroxyl groups is 1. The lowest BCUT2D eigenvalue weighted by Gasteiger charge is -2.22. The monoisotopic (exact) mass is 518 g/mol. The van der Waals surface area contributed by atoms with Gasteiger partial charge in [-0.15, -0.1) is 0 Å². The number of carbonyl (C=O) groups excluding carboxylic acids is 1. The number of nitrogens with one attached hydrogen (secondary N) is 2. The van der Waals surface area contributed by atoms with E-state index in [4.69, 9.17) is 4.74 Å². The van der Waals surface area contributed by atoms with Gasteiger partial charge in [-0.2, -0.15) is 0 Å². The van der Waals surface area contributed by atoms with Crippen LogP contribution in [0.1, 0.15) is 18.5 Å². The van der Waals surface area contributed by atoms with Crippen LogP contribution in [0.4, 0.5) is 15.6 Å². The fourth-order valence-electron chi connectivity index (χ4n) is 3.94. The van der Waals surface area contributed by atoms with Crippen LogP contribution in [0.2, 0.25) is 0 Å². The molecule has 2 aromatic carbocycles. The molecule has 0 aliphatic carbocycles. The number of aliphatic hydroxyl groups is 1. The van der Waals surface area contributed by atoms with Crippen molar-refractivity contribution in [1.29, 1.82) is 0 Å². The highest BCUT2D eigenvalue weighted by molar-refractivity contribution is 7.92. The standard InChI is InChI=1S/C23H26N4O6S2/c1-14-21(34-22(24-14)25-23(30)27-11-3-4-17(27)13-28)15-5-10-19(33-2)20(12-15)35(31,32)26-16-6-8-18(29)9-7-16/h5-10,12,17,26,28-29H,3-4,11,13H2,1-2H3,(H,24,25,30)/t17-/m0/s1. The second-order valence-electron chi connectivity index (χ2n) is 8.05. The van der Waals surface area contributed by atoms with Gasteiger partial charge in [-0.3, -0.25) is 10.0 Å². The number of sulfonamides is 1. The molecule has 1 saturated heterocycles. The first-order valence-electron chi connectivity index (χ1n) is 10.9. The quantitative estimate of drug-likeness (QED) is 0.350. The highest BCUT2D eigenvalue weighted by Crippen LogP contribution is 2.37. The van der Waals surface area contributed by atoms with Crippen LogP contribution in [-0.2, 0) is 10.0 Å². The summed E-state index contributed by atoms with van der Waals surface area (Å²) in [7, 11) is -2.63. The van der Waals surface area contributed by atoms with E-state index in [2.05, 4.69) is 15.0 Å². The minimum atomic E-state index is -4.02. The summed E-state index contributed by atoms with van der Waals surface area (Å²) in [6.45, 7) is 2.26. The van der Waals surface area contributed by atoms with E-state index >= 15 is 0 Å². The number of phenolic OH excluding ortho intramolecular Hbond substituents is 1. The average Bonchev–Trinajstić information content (AvgIpc) is 3.46. The third-order valence-electron chi connectivity index (χ3n) is 5.69. The molecular weight excluding hydrogens is 492 g/mol. The molecule has 0 bridgehead atoms. The molecule has 12 heteroatoms. The lowest BCUT2D eigenvalue weighted by Crippen LogP contribution is -2.40. The van der Waals surface area contributed by atoms with Gasteiger partial charge in [-0.25, -0.2) is 18.2 Å². The topological polar surface area (TPSA) is 141 Å². The highest BCUT2D eigenvalue weighted by Gasteiger charge is 2.29. The van der Waals surface area contributed by atoms with Gasteiger partial charge < -0.3 is 19.8 Å². The van der Waals surface area contributed by atoms with Crippen molar-refractivity contribution in [2.45, 2.75) is 30.7 Å². The Kier molecular flexibility index (Phi) is 7.15. The lowest BCUT2D eigenvalue weighted by atomic mass is 10.1. The summed E-state index contributed by atoms with van der Waals surface area (Å²) in [5, 5.41) is 22.1. The van der Waals surface area contributed by atoms with E-state index in [9.17, 15) is 23.4 Å². The van der Waals surface area contributed by atoms with Crippen LogP contribution in [0.25, 0.3) is 10.4 Å². The number of anilines is 2. The lowest BCUT2D eigenvalue weighted by molar-refractivity contribution is 0.166. The summed E-state index contributed by atoms with van der Waals surface area (Å²) in [4.78, 5) is 19.3. The van der Waals surface area contributed by atoms with Gasteiger partial charge >= 0.3 is 6.03 Å². The van der Waals surface area contributed by atoms with Crippen molar-refractivity contribution in [1.82, 2.24) is 9.88 Å². The Balaban J connectivity index is 1.61. The van der Waals surface area contributed by atoms with E-state index in [0.717, 1.165) is 12.8 Å². The number of hydrogen-bond acceptors (Lipinski definition) is 8. The second kappa shape index (κ2) is 10.1. The Morgan fingerprint density at radius 1 is 1.26 bits per heavy atom. The van der Waals surface area contributed by atoms with Crippen LogP contribution in [0.3, 0.4) is 0 Å². The number of carbonyl (C=O) groups is 1. The smallest absolute Gasteiger partial charge is 0.323 e. The number of phenols is 1. The van der Waals surface area contributed by atoms with Gasteiger partial charge in [0.25, 0.3) is 10.0 Å². The molecule has 1 aliphatic heterocycles. The molecule has 2 heterocycles. The van der Waals surface area contributed by atoms with Gasteiger partial charge in [0.15, 0.2) is 5.13 Å². The van der Waals surface area contributed by atoms with Crippen LogP contribution in [0, 0.1) is 6.92 Å². The molecule has 4 rings (SSSR count). The summed E-state index contributed by atoms with van der Waals surface area (Å²) in [5.74, 6) is 0.188. The van der Waals surface area contributed by atoms with Gasteiger partial charge in [-0.1, -0.05) is 11.3 Å². The Hall–Kier alpha value is -3.35. The Bertz CT molecular complexity index is 1320. The van der Waals surface area contributed by atoms with Crippen LogP contribution in [-0.4, -0.2) is 60.8 Å². The van der Waals surface area contributed by atoms with Gasteiger partial charge in [0.1, 0.15) is 16.4 Å². The number of urea groups is 1. The zero-order chi connectivity index (χ0) is 25.2. The number of likely N-dealkylation sites (tertiary alicyclic amines) is 1. The maximum absolute atomic E-state index is 13.1. The number of amides is 2. The van der Waals surface area contributed by atoms with Crippen LogP contribution in [0.15, 0.2) is 47.4 Å². The van der Waals surface area contributed by atoms with Crippen molar-refractivity contribution in [2.75, 3.05) is 30.3 Å². The predicted molar refractivity (Wildman–Crippen MR) is 134 cm³/mol. The average molecular weight is 519 g/mol. The minimum Gasteiger partial charge on any atom is -0.508 e. The molecule has 1 aliphatic rings. The van der Waals surface area contributed by atoms with Gasteiger partial charge in [-0.05, 0) is 67.8 Å². The number of hydrogen-bond donors (Lipinski definition) is 4. The molecule has 2 amide bonds. The van der Waals surface area contributed by atoms with Gasteiger partial charge in [0.05, 0.1) is 30.3 Å². The molecule has 4 N–H and O–H groups in total. The third-order valence-corrected chi connectivity index (χ3v) is 8.22. The minimum absolute atomic E-state index is 0.0210. The van der Waals surface area contributed by atoms with Crippen molar-refractivity contribution in [2.24, 2.45) is 0 Å². The maximum Gasteiger partial charge on any atom is 0.323 e. The molecule has 0 spiro atoms. The number of aliphatic hydroxyl groups excluding tert-OH is 1. The number of methoxy groups -OCH3 is 1. The molecule has 0 saturated carbocycles. The molecule has 0 radical (unpaired) electrons. The fourth-order valence-corrected chi connectivity index (χ4v) is 6.15. The van der Waals surface area contributed by atoms with E-state index in [1.165, 1.54) is 48.8 Å². The van der Waals surface area contributed by atoms with Crippen molar-refractivity contribution < 1.29 is 28.2 Å². The van der Waals surface area contributed by atoms with E-state index in [0.29, 0.717) is 27.8 Å². The second-order valence-corrected chi connectivity index (χ2v) is 10.7. The number of rotatable bonds is 7. The number of thiazole rings is 1. The first kappa shape index (κ1) is 24.8. The van der Waals surface area contributed by atoms with Gasteiger partial charge in [0, 0.05) is 12.2 Å². The number of nitrogens with zero attached hydrogens (tertiary/aromatic N) is 2. The third kappa shape index (κ3) is 5.34. The molecule has 1 fully saturated rings. The largest absolute Gasteiger partial charge is 0.508 e. The van der Waals surface area contributed by atoms with Gasteiger partial charge in [0.2, 0.25) is 0 Å². The predicted octanol–water partition coefficient (Wildman–Crippen LogP) is 3.62. The van der Waals surface area contributed by atoms with Crippen molar-refractivity contribution in [3.63, 3.8) is 0 Å². The molecule has 3 aromatic rings. The molecule has 0 unspecified atom stereocenters. The highest BCUT2D eigenvalue weighted by atomic mass is 32.2. The van der Waals surface area contributed by atoms with Crippen molar-refractivity contribution in [3.05, 3.63) is 48.2 Å². The van der Waals surface area contributed by atoms with Crippen LogP contribution in [0.5, 0.6) is 11.5 Å². The summed E-state index contributed by atoms with van der Waals surface area (Å²) in [6, 6.07) is 9.93. The number of benzene rings is 2. The summed E-state index contributed by atoms with van der Waals surface area (Å²) >= 11 is 1.23. The Morgan fingerprint density at radius 2 is 2.00 bits per heavy atom. The van der Waals surface area contributed by atoms with E-state index < -0.39 is 10.0 Å². The van der Waals surface area contributed by atoms with Crippen molar-refractivity contribution in [3.8, 4) is 21.9 Å². The van der Waals surface area contributed by atoms with Crippen LogP contribution >= 0.6 is 11.3 Å². The van der Waals surface area contributed by atoms with Crippen LogP contribution < -0.4 is 14.8 Å². The number of aryl methyl sites for hydroxylation is 1. The Morgan fingerprint density at radius 3 is 2.69 bits per heavy atom. The number of ether oxygens (including phenoxy) is 1. The first-order valence-corrected chi connectivity index (χ1v) is 13.2. The fraction of sp³-hybridized carbons (Fsp3) is 0.304. The molecule has 35 heavy (non-hydrogen) atoms. The zero-order valence-corrected chi connectivity index (χ0v) is 20.8. The van der Waals surface area contributed by atoms with E-state index in [1.807, 2.05) is 0 Å². The summed E-state index contributed by atoms with van der Waals surface area (Å²) in [6.07, 6.45) is 1.59. The summed E-state index contributed by atoms with van der Waals surface area (Å²) < 4.78 is 34.1. The SMILES string of the molecule is COc1ccc(-c2sc(NC(=O)N3CCC[C@H]3CO)nc2C)cc1S(=O)(=O)Nc1ccc(O)cc1. The first-order chi connectivity index (χ1) is 16.7. The Labute approximate surface area is 207 Å². The maximum atomic E-state index is 13.1. The molecule has 186 valence electrons. The zero-order valence-electron chi connectivity index (χ0n) is 19.2. The summed E-state index contributed by atoms with van der Waals surface area (Å²) in [5.41, 5.74) is 1.52. The molecule has 10 nitrogen and oxygen atoms in total. The normalized spacial score (nSPS) is 15.7. The van der Waals surface area contributed by atoms with E-state index in [1.54, 1.807) is 24.0 Å². The number of aromatic nitrogens is 1. The molecular formula is C23H26N4O6S2. The van der Waals surface area contributed by atoms with E-state index in [-0.39, 0.29) is 40.8 Å². The van der Waals surface area contributed by atoms with Crippen molar-refractivity contribution >= 4 is 38.2 Å². The molecule has 1 aromatic heterocycles. The molecule has 1 atom stereocenters.